The van der Waals surface area contributed by atoms with Crippen molar-refractivity contribution < 1.29 is 4.42 Å². The van der Waals surface area contributed by atoms with E-state index in [1.807, 2.05) is 0 Å². The van der Waals surface area contributed by atoms with Crippen LogP contribution < -0.4 is 0 Å². The Labute approximate surface area is 325 Å². The summed E-state index contributed by atoms with van der Waals surface area (Å²) in [5, 5.41) is 4.67. The van der Waals surface area contributed by atoms with Gasteiger partial charge in [0.1, 0.15) is 11.2 Å². The van der Waals surface area contributed by atoms with Gasteiger partial charge in [0.15, 0.2) is 0 Å². The van der Waals surface area contributed by atoms with Crippen LogP contribution in [0.1, 0.15) is 0 Å². The first-order chi connectivity index (χ1) is 27.7. The van der Waals surface area contributed by atoms with Crippen molar-refractivity contribution in [2.45, 2.75) is 0 Å². The Morgan fingerprint density at radius 3 is 1.36 bits per heavy atom. The molecule has 0 amide bonds. The third-order valence-electron chi connectivity index (χ3n) is 11.2. The smallest absolute Gasteiger partial charge is 0.143 e. The molecule has 262 valence electrons. The molecular formula is C54H35NO. The molecule has 11 rings (SSSR count). The summed E-state index contributed by atoms with van der Waals surface area (Å²) in [7, 11) is 0. The molecule has 11 aromatic rings. The Morgan fingerprint density at radius 1 is 0.286 bits per heavy atom. The van der Waals surface area contributed by atoms with Crippen molar-refractivity contribution in [1.82, 2.24) is 4.57 Å². The average molecular weight is 714 g/mol. The van der Waals surface area contributed by atoms with E-state index in [1.165, 1.54) is 60.8 Å². The number of rotatable bonds is 6. The summed E-state index contributed by atoms with van der Waals surface area (Å²) >= 11 is 0. The monoisotopic (exact) mass is 713 g/mol. The SMILES string of the molecule is c1ccc(-c2cccc(-c3cccc(-c4ccc5oc6c(-c7ccc8c(c7)c7cc(-c9ccccc9)ccc7n8-c7ccccc7)cccc6c5c4)c3)c2)cc1. The Kier molecular flexibility index (Phi) is 7.53. The summed E-state index contributed by atoms with van der Waals surface area (Å²) in [4.78, 5) is 0. The highest BCUT2D eigenvalue weighted by Crippen LogP contribution is 2.41. The molecule has 0 atom stereocenters. The Balaban J connectivity index is 1.02. The van der Waals surface area contributed by atoms with Gasteiger partial charge in [0.25, 0.3) is 0 Å². The summed E-state index contributed by atoms with van der Waals surface area (Å²) in [6, 6.07) is 76.3. The molecule has 0 aliphatic heterocycles. The van der Waals surface area contributed by atoms with Crippen LogP contribution in [0.15, 0.2) is 217 Å². The van der Waals surface area contributed by atoms with Crippen molar-refractivity contribution in [1.29, 1.82) is 0 Å². The average Bonchev–Trinajstić information content (AvgIpc) is 3.82. The maximum absolute atomic E-state index is 6.72. The van der Waals surface area contributed by atoms with Crippen LogP contribution in [0, 0.1) is 0 Å². The zero-order valence-corrected chi connectivity index (χ0v) is 30.6. The van der Waals surface area contributed by atoms with Gasteiger partial charge in [0.2, 0.25) is 0 Å². The van der Waals surface area contributed by atoms with Crippen LogP contribution in [0.2, 0.25) is 0 Å². The second-order valence-electron chi connectivity index (χ2n) is 14.5. The minimum absolute atomic E-state index is 0.886. The molecule has 2 nitrogen and oxygen atoms in total. The molecule has 0 spiro atoms. The molecule has 0 aliphatic carbocycles. The maximum atomic E-state index is 6.72. The topological polar surface area (TPSA) is 18.1 Å². The van der Waals surface area contributed by atoms with Crippen LogP contribution in [0.5, 0.6) is 0 Å². The molecule has 0 radical (unpaired) electrons. The van der Waals surface area contributed by atoms with E-state index in [0.717, 1.165) is 44.3 Å². The Morgan fingerprint density at radius 2 is 0.732 bits per heavy atom. The van der Waals surface area contributed by atoms with E-state index in [-0.39, 0.29) is 0 Å². The van der Waals surface area contributed by atoms with E-state index in [0.29, 0.717) is 0 Å². The molecule has 2 heterocycles. The first-order valence-corrected chi connectivity index (χ1v) is 19.2. The molecule has 2 heteroatoms. The zero-order valence-electron chi connectivity index (χ0n) is 30.6. The number of nitrogens with zero attached hydrogens (tertiary/aromatic N) is 1. The number of hydrogen-bond donors (Lipinski definition) is 0. The summed E-state index contributed by atoms with van der Waals surface area (Å²) in [5.41, 5.74) is 17.1. The van der Waals surface area contributed by atoms with Gasteiger partial charge < -0.3 is 8.98 Å². The van der Waals surface area contributed by atoms with Crippen molar-refractivity contribution in [2.75, 3.05) is 0 Å². The minimum atomic E-state index is 0.886. The first kappa shape index (κ1) is 32.0. The second-order valence-corrected chi connectivity index (χ2v) is 14.5. The number of fused-ring (bicyclic) bond motifs is 6. The highest BCUT2D eigenvalue weighted by atomic mass is 16.3. The lowest BCUT2D eigenvalue weighted by Gasteiger charge is -2.09. The predicted octanol–water partition coefficient (Wildman–Crippen LogP) is 15.0. The van der Waals surface area contributed by atoms with E-state index in [1.54, 1.807) is 0 Å². The van der Waals surface area contributed by atoms with Gasteiger partial charge in [-0.2, -0.15) is 0 Å². The van der Waals surface area contributed by atoms with E-state index < -0.39 is 0 Å². The quantitative estimate of drug-likeness (QED) is 0.168. The van der Waals surface area contributed by atoms with Crippen molar-refractivity contribution in [2.24, 2.45) is 0 Å². The summed E-state index contributed by atoms with van der Waals surface area (Å²) in [6.45, 7) is 0. The number of furan rings is 1. The van der Waals surface area contributed by atoms with Gasteiger partial charge in [0, 0.05) is 32.8 Å². The summed E-state index contributed by atoms with van der Waals surface area (Å²) < 4.78 is 9.10. The lowest BCUT2D eigenvalue weighted by Crippen LogP contribution is -1.93. The van der Waals surface area contributed by atoms with Crippen molar-refractivity contribution in [3.63, 3.8) is 0 Å². The molecule has 0 unspecified atom stereocenters. The van der Waals surface area contributed by atoms with Gasteiger partial charge in [-0.15, -0.1) is 0 Å². The molecule has 9 aromatic carbocycles. The Bertz CT molecular complexity index is 3230. The number of benzene rings is 9. The molecule has 0 saturated heterocycles. The van der Waals surface area contributed by atoms with Gasteiger partial charge in [-0.1, -0.05) is 152 Å². The fourth-order valence-corrected chi connectivity index (χ4v) is 8.45. The van der Waals surface area contributed by atoms with Crippen molar-refractivity contribution >= 4 is 43.7 Å². The fraction of sp³-hybridized carbons (Fsp3) is 0. The van der Waals surface area contributed by atoms with E-state index in [9.17, 15) is 0 Å². The molecule has 2 aromatic heterocycles. The summed E-state index contributed by atoms with van der Waals surface area (Å²) in [6.07, 6.45) is 0. The standard InChI is InChI=1S/C54H35NO/c1-4-13-36(14-5-1)38-17-10-18-39(31-38)40-19-11-20-41(32-40)43-27-30-53-50(34-43)47-24-12-23-46(54(47)56-53)44-26-29-52-49(35-44)48-33-42(37-15-6-2-7-16-37)25-28-51(48)55(52)45-21-8-3-9-22-45/h1-35H. The molecule has 56 heavy (non-hydrogen) atoms. The second kappa shape index (κ2) is 13.2. The highest BCUT2D eigenvalue weighted by molar-refractivity contribution is 6.14. The van der Waals surface area contributed by atoms with Crippen LogP contribution in [-0.4, -0.2) is 4.57 Å². The van der Waals surface area contributed by atoms with E-state index >= 15 is 0 Å². The molecule has 0 bridgehead atoms. The molecule has 0 N–H and O–H groups in total. The van der Waals surface area contributed by atoms with Gasteiger partial charge in [0.05, 0.1) is 11.0 Å². The lowest BCUT2D eigenvalue weighted by atomic mass is 9.95. The van der Waals surface area contributed by atoms with Gasteiger partial charge >= 0.3 is 0 Å². The van der Waals surface area contributed by atoms with Crippen LogP contribution in [0.25, 0.3) is 105 Å². The number of para-hydroxylation sites is 2. The van der Waals surface area contributed by atoms with Crippen LogP contribution >= 0.6 is 0 Å². The van der Waals surface area contributed by atoms with E-state index in [4.69, 9.17) is 4.42 Å². The molecule has 0 saturated carbocycles. The predicted molar refractivity (Wildman–Crippen MR) is 235 cm³/mol. The van der Waals surface area contributed by atoms with Crippen molar-refractivity contribution in [3.8, 4) is 61.3 Å². The maximum Gasteiger partial charge on any atom is 0.143 e. The zero-order chi connectivity index (χ0) is 37.0. The van der Waals surface area contributed by atoms with Gasteiger partial charge in [-0.05, 0) is 111 Å². The lowest BCUT2D eigenvalue weighted by molar-refractivity contribution is 0.670. The fourth-order valence-electron chi connectivity index (χ4n) is 8.45. The minimum Gasteiger partial charge on any atom is -0.455 e. The van der Waals surface area contributed by atoms with Gasteiger partial charge in [-0.25, -0.2) is 0 Å². The molecular weight excluding hydrogens is 679 g/mol. The molecule has 0 fully saturated rings. The first-order valence-electron chi connectivity index (χ1n) is 19.2. The normalized spacial score (nSPS) is 11.6. The largest absolute Gasteiger partial charge is 0.455 e. The molecule has 0 aliphatic rings. The van der Waals surface area contributed by atoms with E-state index in [2.05, 4.69) is 217 Å². The Hall–Kier alpha value is -7.42. The van der Waals surface area contributed by atoms with Gasteiger partial charge in [-0.3, -0.25) is 0 Å². The van der Waals surface area contributed by atoms with Crippen LogP contribution in [0.3, 0.4) is 0 Å². The number of aromatic nitrogens is 1. The van der Waals surface area contributed by atoms with Crippen LogP contribution in [0.4, 0.5) is 0 Å². The van der Waals surface area contributed by atoms with Crippen LogP contribution in [-0.2, 0) is 0 Å². The van der Waals surface area contributed by atoms with Crippen molar-refractivity contribution in [3.05, 3.63) is 212 Å². The third-order valence-corrected chi connectivity index (χ3v) is 11.2. The third kappa shape index (κ3) is 5.42. The highest BCUT2D eigenvalue weighted by Gasteiger charge is 2.18. The summed E-state index contributed by atoms with van der Waals surface area (Å²) in [5.74, 6) is 0. The number of hydrogen-bond acceptors (Lipinski definition) is 1.